The maximum atomic E-state index is 13.3. The van der Waals surface area contributed by atoms with E-state index in [4.69, 9.17) is 11.6 Å². The summed E-state index contributed by atoms with van der Waals surface area (Å²) in [5.74, 6) is -0.194. The normalized spacial score (nSPS) is 15.2. The number of nitrogens with zero attached hydrogens (tertiary/aromatic N) is 1. The van der Waals surface area contributed by atoms with Gasteiger partial charge in [-0.05, 0) is 48.9 Å². The zero-order valence-corrected chi connectivity index (χ0v) is 18.3. The highest BCUT2D eigenvalue weighted by Crippen LogP contribution is 2.42. The maximum absolute atomic E-state index is 13.3. The standard InChI is InChI=1S/C26H22ClN3O2/c1-16-24(21-8-4-5-9-22(21)28-16)25-19-6-2-3-7-20(19)26(32)30(25)15-14-23(31)29-18-12-10-17(27)11-13-18/h2-13,25,28H,14-15H2,1H3,(H,29,31)/t25-/m1/s1. The lowest BCUT2D eigenvalue weighted by Crippen LogP contribution is -2.32. The van der Waals surface area contributed by atoms with Crippen molar-refractivity contribution in [1.29, 1.82) is 0 Å². The monoisotopic (exact) mass is 443 g/mol. The Morgan fingerprint density at radius 1 is 1.03 bits per heavy atom. The summed E-state index contributed by atoms with van der Waals surface area (Å²) >= 11 is 5.92. The number of amides is 2. The summed E-state index contributed by atoms with van der Waals surface area (Å²) in [4.78, 5) is 31.2. The van der Waals surface area contributed by atoms with E-state index < -0.39 is 0 Å². The number of para-hydroxylation sites is 1. The molecule has 0 bridgehead atoms. The van der Waals surface area contributed by atoms with Crippen molar-refractivity contribution in [2.75, 3.05) is 11.9 Å². The number of hydrogen-bond acceptors (Lipinski definition) is 2. The first-order chi connectivity index (χ1) is 15.5. The van der Waals surface area contributed by atoms with Gasteiger partial charge in [-0.3, -0.25) is 9.59 Å². The average Bonchev–Trinajstić information content (AvgIpc) is 3.27. The Hall–Kier alpha value is -3.57. The molecule has 32 heavy (non-hydrogen) atoms. The second kappa shape index (κ2) is 8.17. The Morgan fingerprint density at radius 2 is 1.75 bits per heavy atom. The van der Waals surface area contributed by atoms with Crippen LogP contribution >= 0.6 is 11.6 Å². The number of carbonyl (C=O) groups is 2. The van der Waals surface area contributed by atoms with E-state index in [0.29, 0.717) is 22.8 Å². The lowest BCUT2D eigenvalue weighted by Gasteiger charge is -2.26. The predicted octanol–water partition coefficient (Wildman–Crippen LogP) is 5.70. The summed E-state index contributed by atoms with van der Waals surface area (Å²) in [6.07, 6.45) is 0.195. The zero-order chi connectivity index (χ0) is 22.2. The van der Waals surface area contributed by atoms with Crippen LogP contribution in [0.1, 0.15) is 39.6 Å². The molecule has 160 valence electrons. The van der Waals surface area contributed by atoms with E-state index in [-0.39, 0.29) is 24.3 Å². The Balaban J connectivity index is 1.45. The quantitative estimate of drug-likeness (QED) is 0.415. The van der Waals surface area contributed by atoms with Gasteiger partial charge in [0.1, 0.15) is 0 Å². The van der Waals surface area contributed by atoms with Crippen LogP contribution in [0.25, 0.3) is 10.9 Å². The number of aromatic nitrogens is 1. The predicted molar refractivity (Wildman–Crippen MR) is 127 cm³/mol. The third kappa shape index (κ3) is 3.55. The fourth-order valence-corrected chi connectivity index (χ4v) is 4.67. The maximum Gasteiger partial charge on any atom is 0.255 e. The molecule has 5 rings (SSSR count). The zero-order valence-electron chi connectivity index (χ0n) is 17.6. The number of aromatic amines is 1. The van der Waals surface area contributed by atoms with Gasteiger partial charge in [-0.1, -0.05) is 48.0 Å². The number of benzene rings is 3. The van der Waals surface area contributed by atoms with Crippen LogP contribution < -0.4 is 5.32 Å². The van der Waals surface area contributed by atoms with Gasteiger partial charge in [0.2, 0.25) is 5.91 Å². The number of H-pyrrole nitrogens is 1. The Morgan fingerprint density at radius 3 is 2.56 bits per heavy atom. The first kappa shape index (κ1) is 20.3. The molecule has 0 spiro atoms. The number of aryl methyl sites for hydroxylation is 1. The molecule has 1 aliphatic rings. The molecule has 0 saturated heterocycles. The van der Waals surface area contributed by atoms with Crippen molar-refractivity contribution in [3.63, 3.8) is 0 Å². The van der Waals surface area contributed by atoms with Crippen LogP contribution in [0.4, 0.5) is 5.69 Å². The summed E-state index contributed by atoms with van der Waals surface area (Å²) in [7, 11) is 0. The second-order valence-electron chi connectivity index (χ2n) is 8.00. The third-order valence-electron chi connectivity index (χ3n) is 5.98. The number of nitrogens with one attached hydrogen (secondary N) is 2. The molecule has 0 saturated carbocycles. The lowest BCUT2D eigenvalue weighted by molar-refractivity contribution is -0.116. The second-order valence-corrected chi connectivity index (χ2v) is 8.44. The highest BCUT2D eigenvalue weighted by molar-refractivity contribution is 6.30. The van der Waals surface area contributed by atoms with Crippen molar-refractivity contribution in [2.24, 2.45) is 0 Å². The molecule has 3 aromatic carbocycles. The SMILES string of the molecule is Cc1[nH]c2ccccc2c1[C@H]1c2ccccc2C(=O)N1CCC(=O)Nc1ccc(Cl)cc1. The van der Waals surface area contributed by atoms with E-state index in [0.717, 1.165) is 27.7 Å². The van der Waals surface area contributed by atoms with E-state index in [2.05, 4.69) is 16.4 Å². The molecule has 6 heteroatoms. The fraction of sp³-hybridized carbons (Fsp3) is 0.154. The molecule has 4 aromatic rings. The molecule has 1 atom stereocenters. The van der Waals surface area contributed by atoms with Crippen LogP contribution in [0.15, 0.2) is 72.8 Å². The van der Waals surface area contributed by atoms with Gasteiger partial charge in [0.15, 0.2) is 0 Å². The molecule has 2 N–H and O–H groups in total. The molecular weight excluding hydrogens is 422 g/mol. The van der Waals surface area contributed by atoms with E-state index in [1.165, 1.54) is 0 Å². The molecule has 2 heterocycles. The molecule has 1 aliphatic heterocycles. The molecule has 1 aromatic heterocycles. The summed E-state index contributed by atoms with van der Waals surface area (Å²) in [5, 5.41) is 4.58. The Kier molecular flexibility index (Phi) is 5.19. The van der Waals surface area contributed by atoms with Crippen LogP contribution in [-0.2, 0) is 4.79 Å². The Labute approximate surface area is 191 Å². The van der Waals surface area contributed by atoms with Gasteiger partial charge in [0.05, 0.1) is 6.04 Å². The van der Waals surface area contributed by atoms with Crippen LogP contribution in [0.5, 0.6) is 0 Å². The average molecular weight is 444 g/mol. The lowest BCUT2D eigenvalue weighted by atomic mass is 9.95. The van der Waals surface area contributed by atoms with Gasteiger partial charge in [-0.15, -0.1) is 0 Å². The molecule has 2 amide bonds. The van der Waals surface area contributed by atoms with Crippen molar-refractivity contribution in [3.05, 3.63) is 100 Å². The molecular formula is C26H22ClN3O2. The van der Waals surface area contributed by atoms with Crippen LogP contribution in [-0.4, -0.2) is 28.2 Å². The van der Waals surface area contributed by atoms with Crippen molar-refractivity contribution in [2.45, 2.75) is 19.4 Å². The highest BCUT2D eigenvalue weighted by atomic mass is 35.5. The third-order valence-corrected chi connectivity index (χ3v) is 6.23. The summed E-state index contributed by atoms with van der Waals surface area (Å²) < 4.78 is 0. The summed E-state index contributed by atoms with van der Waals surface area (Å²) in [6, 6.07) is 22.6. The van der Waals surface area contributed by atoms with Gasteiger partial charge in [-0.25, -0.2) is 0 Å². The van der Waals surface area contributed by atoms with Crippen molar-refractivity contribution < 1.29 is 9.59 Å². The topological polar surface area (TPSA) is 65.2 Å². The number of fused-ring (bicyclic) bond motifs is 2. The van der Waals surface area contributed by atoms with Gasteiger partial charge in [0, 0.05) is 51.4 Å². The molecule has 0 aliphatic carbocycles. The first-order valence-corrected chi connectivity index (χ1v) is 10.9. The minimum Gasteiger partial charge on any atom is -0.358 e. The molecule has 0 fully saturated rings. The van der Waals surface area contributed by atoms with Crippen molar-refractivity contribution in [1.82, 2.24) is 9.88 Å². The summed E-state index contributed by atoms with van der Waals surface area (Å²) in [6.45, 7) is 2.35. The minimum absolute atomic E-state index is 0.0467. The number of halogens is 1. The number of hydrogen-bond donors (Lipinski definition) is 2. The fourth-order valence-electron chi connectivity index (χ4n) is 4.54. The van der Waals surface area contributed by atoms with Crippen molar-refractivity contribution in [3.8, 4) is 0 Å². The highest BCUT2D eigenvalue weighted by Gasteiger charge is 2.39. The van der Waals surface area contributed by atoms with Crippen molar-refractivity contribution >= 4 is 40.0 Å². The Bertz CT molecular complexity index is 1330. The van der Waals surface area contributed by atoms with Crippen LogP contribution in [0, 0.1) is 6.92 Å². The van der Waals surface area contributed by atoms with Crippen LogP contribution in [0.2, 0.25) is 5.02 Å². The van der Waals surface area contributed by atoms with E-state index in [9.17, 15) is 9.59 Å². The molecule has 5 nitrogen and oxygen atoms in total. The molecule has 0 radical (unpaired) electrons. The van der Waals surface area contributed by atoms with Gasteiger partial charge < -0.3 is 15.2 Å². The number of carbonyl (C=O) groups excluding carboxylic acids is 2. The van der Waals surface area contributed by atoms with Gasteiger partial charge in [-0.2, -0.15) is 0 Å². The molecule has 0 unspecified atom stereocenters. The van der Waals surface area contributed by atoms with E-state index >= 15 is 0 Å². The van der Waals surface area contributed by atoms with Crippen LogP contribution in [0.3, 0.4) is 0 Å². The summed E-state index contributed by atoms with van der Waals surface area (Å²) in [5.41, 5.74) is 5.49. The first-order valence-electron chi connectivity index (χ1n) is 10.6. The van der Waals surface area contributed by atoms with Gasteiger partial charge in [0.25, 0.3) is 5.91 Å². The van der Waals surface area contributed by atoms with E-state index in [1.54, 1.807) is 24.3 Å². The van der Waals surface area contributed by atoms with E-state index in [1.807, 2.05) is 54.3 Å². The minimum atomic E-state index is -0.238. The van der Waals surface area contributed by atoms with Gasteiger partial charge >= 0.3 is 0 Å². The largest absolute Gasteiger partial charge is 0.358 e. The number of rotatable bonds is 5. The smallest absolute Gasteiger partial charge is 0.255 e. The number of anilines is 1.